The van der Waals surface area contributed by atoms with Crippen LogP contribution in [-0.2, 0) is 19.1 Å². The summed E-state index contributed by atoms with van der Waals surface area (Å²) in [6, 6.07) is -2.70. The second kappa shape index (κ2) is 10.1. The van der Waals surface area contributed by atoms with Crippen molar-refractivity contribution in [3.63, 3.8) is 0 Å². The maximum Gasteiger partial charge on any atom is 0.326 e. The maximum atomic E-state index is 12.5. The van der Waals surface area contributed by atoms with Gasteiger partial charge in [0.2, 0.25) is 11.7 Å². The van der Waals surface area contributed by atoms with Crippen molar-refractivity contribution in [1.82, 2.24) is 10.6 Å². The van der Waals surface area contributed by atoms with E-state index in [4.69, 9.17) is 14.9 Å². The van der Waals surface area contributed by atoms with E-state index in [2.05, 4.69) is 10.6 Å². The van der Waals surface area contributed by atoms with E-state index >= 15 is 0 Å². The minimum atomic E-state index is -2.29. The lowest BCUT2D eigenvalue weighted by molar-refractivity contribution is -0.318. The molecule has 0 aromatic rings. The van der Waals surface area contributed by atoms with Crippen LogP contribution in [0.15, 0.2) is 0 Å². The summed E-state index contributed by atoms with van der Waals surface area (Å²) in [5.41, 5.74) is 0. The second-order valence-electron chi connectivity index (χ2n) is 6.90. The molecule has 12 heteroatoms. The molecule has 0 aromatic heterocycles. The fourth-order valence-electron chi connectivity index (χ4n) is 2.73. The van der Waals surface area contributed by atoms with Gasteiger partial charge in [0.15, 0.2) is 0 Å². The van der Waals surface area contributed by atoms with Crippen LogP contribution in [0.4, 0.5) is 0 Å². The van der Waals surface area contributed by atoms with Crippen molar-refractivity contribution in [3.05, 3.63) is 0 Å². The van der Waals surface area contributed by atoms with Crippen molar-refractivity contribution in [1.29, 1.82) is 0 Å². The van der Waals surface area contributed by atoms with Crippen LogP contribution in [0.25, 0.3) is 0 Å². The quantitative estimate of drug-likeness (QED) is 0.181. The van der Waals surface area contributed by atoms with E-state index in [0.29, 0.717) is 6.42 Å². The third-order valence-electron chi connectivity index (χ3n) is 4.75. The van der Waals surface area contributed by atoms with Gasteiger partial charge >= 0.3 is 11.9 Å². The molecule has 1 aliphatic rings. The van der Waals surface area contributed by atoms with Crippen LogP contribution < -0.4 is 10.6 Å². The van der Waals surface area contributed by atoms with E-state index in [0.717, 1.165) is 0 Å². The topological polar surface area (TPSA) is 206 Å². The monoisotopic (exact) mass is 408 g/mol. The Bertz CT molecular complexity index is 574. The predicted octanol–water partition coefficient (Wildman–Crippen LogP) is -3.16. The fourth-order valence-corrected chi connectivity index (χ4v) is 2.73. The highest BCUT2D eigenvalue weighted by atomic mass is 16.6. The van der Waals surface area contributed by atoms with Gasteiger partial charge in [0.05, 0.1) is 25.6 Å². The van der Waals surface area contributed by atoms with Gasteiger partial charge in [0, 0.05) is 0 Å². The van der Waals surface area contributed by atoms with Gasteiger partial charge < -0.3 is 46.0 Å². The number of carboxylic acid groups (broad SMARTS) is 2. The molecule has 0 aliphatic carbocycles. The molecule has 1 saturated heterocycles. The Labute approximate surface area is 161 Å². The van der Waals surface area contributed by atoms with Gasteiger partial charge in [-0.05, 0) is 5.92 Å². The molecule has 1 fully saturated rings. The van der Waals surface area contributed by atoms with E-state index in [1.807, 2.05) is 0 Å². The molecule has 0 aromatic carbocycles. The number of nitrogens with one attached hydrogen (secondary N) is 2. The van der Waals surface area contributed by atoms with Gasteiger partial charge in [-0.3, -0.25) is 9.59 Å². The first-order valence-electron chi connectivity index (χ1n) is 8.81. The van der Waals surface area contributed by atoms with E-state index < -0.39 is 73.6 Å². The van der Waals surface area contributed by atoms with Crippen LogP contribution >= 0.6 is 0 Å². The van der Waals surface area contributed by atoms with Crippen molar-refractivity contribution in [2.75, 3.05) is 13.2 Å². The van der Waals surface area contributed by atoms with Gasteiger partial charge in [0.1, 0.15) is 24.4 Å². The highest BCUT2D eigenvalue weighted by Gasteiger charge is 2.48. The molecule has 162 valence electrons. The molecular formula is C16H28N2O10. The van der Waals surface area contributed by atoms with Crippen molar-refractivity contribution in [2.24, 2.45) is 5.92 Å². The molecule has 0 bridgehead atoms. The van der Waals surface area contributed by atoms with Gasteiger partial charge in [-0.2, -0.15) is 0 Å². The molecule has 1 heterocycles. The molecule has 28 heavy (non-hydrogen) atoms. The number of amides is 1. The van der Waals surface area contributed by atoms with E-state index in [1.54, 1.807) is 13.8 Å². The molecule has 1 aliphatic heterocycles. The molecule has 1 rings (SSSR count). The van der Waals surface area contributed by atoms with E-state index in [9.17, 15) is 34.8 Å². The number of carbonyl (C=O) groups excluding carboxylic acids is 1. The minimum Gasteiger partial charge on any atom is -0.481 e. The number of ether oxygens (including phenoxy) is 1. The molecule has 8 N–H and O–H groups in total. The Balaban J connectivity index is 2.86. The zero-order chi connectivity index (χ0) is 21.6. The van der Waals surface area contributed by atoms with Crippen LogP contribution in [0.5, 0.6) is 0 Å². The first-order chi connectivity index (χ1) is 12.9. The van der Waals surface area contributed by atoms with Gasteiger partial charge in [-0.1, -0.05) is 20.3 Å². The number of aliphatic hydroxyl groups is 4. The summed E-state index contributed by atoms with van der Waals surface area (Å²) < 4.78 is 5.01. The van der Waals surface area contributed by atoms with Crippen LogP contribution in [0.2, 0.25) is 0 Å². The lowest BCUT2D eigenvalue weighted by Crippen LogP contribution is -2.66. The third kappa shape index (κ3) is 6.09. The summed E-state index contributed by atoms with van der Waals surface area (Å²) in [5, 5.41) is 62.2. The first kappa shape index (κ1) is 24.2. The lowest BCUT2D eigenvalue weighted by Gasteiger charge is -2.42. The summed E-state index contributed by atoms with van der Waals surface area (Å²) in [6.45, 7) is 2.47. The highest BCUT2D eigenvalue weighted by molar-refractivity contribution is 5.89. The van der Waals surface area contributed by atoms with Crippen LogP contribution in [0, 0.1) is 5.92 Å². The largest absolute Gasteiger partial charge is 0.481 e. The van der Waals surface area contributed by atoms with Gasteiger partial charge in [-0.25, -0.2) is 4.79 Å². The number of rotatable bonds is 10. The van der Waals surface area contributed by atoms with E-state index in [1.165, 1.54) is 0 Å². The minimum absolute atomic E-state index is 0.362. The zero-order valence-electron chi connectivity index (χ0n) is 15.6. The Morgan fingerprint density at radius 1 is 1.21 bits per heavy atom. The summed E-state index contributed by atoms with van der Waals surface area (Å²) in [5.74, 6) is -6.38. The first-order valence-corrected chi connectivity index (χ1v) is 8.81. The molecule has 7 unspecified atom stereocenters. The fraction of sp³-hybridized carbons (Fsp3) is 0.812. The molecule has 7 atom stereocenters. The smallest absolute Gasteiger partial charge is 0.326 e. The Hall–Kier alpha value is -1.83. The average Bonchev–Trinajstić information content (AvgIpc) is 2.62. The summed E-state index contributed by atoms with van der Waals surface area (Å²) in [6.07, 6.45) is -5.25. The Morgan fingerprint density at radius 3 is 2.32 bits per heavy atom. The lowest BCUT2D eigenvalue weighted by atomic mass is 9.94. The molecule has 0 spiro atoms. The molecule has 12 nitrogen and oxygen atoms in total. The summed E-state index contributed by atoms with van der Waals surface area (Å²) >= 11 is 0. The normalized spacial score (nSPS) is 30.9. The van der Waals surface area contributed by atoms with Crippen LogP contribution in [0.3, 0.4) is 0 Å². The average molecular weight is 408 g/mol. The zero-order valence-corrected chi connectivity index (χ0v) is 15.6. The number of aliphatic hydroxyl groups excluding tert-OH is 3. The highest BCUT2D eigenvalue weighted by Crippen LogP contribution is 2.24. The van der Waals surface area contributed by atoms with Crippen LogP contribution in [-0.4, -0.2) is 97.8 Å². The van der Waals surface area contributed by atoms with Crippen molar-refractivity contribution < 1.29 is 49.8 Å². The molecular weight excluding hydrogens is 380 g/mol. The second-order valence-corrected chi connectivity index (χ2v) is 6.90. The van der Waals surface area contributed by atoms with Crippen molar-refractivity contribution in [2.45, 2.75) is 62.9 Å². The van der Waals surface area contributed by atoms with Crippen molar-refractivity contribution >= 4 is 17.8 Å². The molecule has 0 radical (unpaired) electrons. The SMILES string of the molecule is CCC(C)C(NCC1(O)OCC(O)C(O)C1O)C(=O)NC(CC(=O)O)C(=O)O. The number of hydrogen-bond donors (Lipinski definition) is 8. The number of aliphatic carboxylic acids is 2. The third-order valence-corrected chi connectivity index (χ3v) is 4.75. The summed E-state index contributed by atoms with van der Waals surface area (Å²) in [4.78, 5) is 34.4. The standard InChI is InChI=1S/C16H28N2O10/c1-3-7(2)11(14(24)18-8(15(25)26)4-10(20)21)17-6-16(27)13(23)12(22)9(19)5-28-16/h7-9,11-13,17,19,22-23,27H,3-6H2,1-2H3,(H,18,24)(H,20,21)(H,25,26). The van der Waals surface area contributed by atoms with Crippen LogP contribution in [0.1, 0.15) is 26.7 Å². The molecule has 1 amide bonds. The Kier molecular flexibility index (Phi) is 8.73. The number of carboxylic acids is 2. The van der Waals surface area contributed by atoms with Gasteiger partial charge in [-0.15, -0.1) is 0 Å². The Morgan fingerprint density at radius 2 is 1.82 bits per heavy atom. The molecule has 0 saturated carbocycles. The van der Waals surface area contributed by atoms with Crippen molar-refractivity contribution in [3.8, 4) is 0 Å². The maximum absolute atomic E-state index is 12.5. The van der Waals surface area contributed by atoms with E-state index in [-0.39, 0.29) is 5.92 Å². The number of hydrogen-bond acceptors (Lipinski definition) is 9. The predicted molar refractivity (Wildman–Crippen MR) is 92.0 cm³/mol. The van der Waals surface area contributed by atoms with Gasteiger partial charge in [0.25, 0.3) is 0 Å². The summed E-state index contributed by atoms with van der Waals surface area (Å²) in [7, 11) is 0. The number of carbonyl (C=O) groups is 3.